The molecule has 242 valence electrons. The average Bonchev–Trinajstić information content (AvgIpc) is 3.48. The number of rotatable bonds is 10. The fourth-order valence-corrected chi connectivity index (χ4v) is 5.82. The van der Waals surface area contributed by atoms with Crippen LogP contribution < -0.4 is 21.3 Å². The number of aromatic nitrogens is 4. The van der Waals surface area contributed by atoms with E-state index in [9.17, 15) is 19.2 Å². The zero-order valence-electron chi connectivity index (χ0n) is 26.6. The largest absolute Gasteiger partial charge is 0.353 e. The van der Waals surface area contributed by atoms with Gasteiger partial charge in [-0.1, -0.05) is 0 Å². The first kappa shape index (κ1) is 32.4. The maximum absolute atomic E-state index is 13.6. The third kappa shape index (κ3) is 7.09. The van der Waals surface area contributed by atoms with E-state index in [2.05, 4.69) is 20.3 Å². The number of amides is 3. The van der Waals surface area contributed by atoms with E-state index in [1.54, 1.807) is 22.8 Å². The van der Waals surface area contributed by atoms with Crippen LogP contribution in [0.1, 0.15) is 66.3 Å². The van der Waals surface area contributed by atoms with E-state index in [-0.39, 0.29) is 42.8 Å². The van der Waals surface area contributed by atoms with Gasteiger partial charge in [0.05, 0.1) is 17.3 Å². The SMILES string of the molecule is Cc1cc(C)c(CNC(=O)c2cc(-c3ccc(N4CCN(C(=O)CCCC(=O)NO)CC4)nc3)cc3c2cnn3C(C)C)c(=O)[nH]1. The third-order valence-corrected chi connectivity index (χ3v) is 8.33. The highest BCUT2D eigenvalue weighted by Gasteiger charge is 2.23. The van der Waals surface area contributed by atoms with E-state index < -0.39 is 5.91 Å². The van der Waals surface area contributed by atoms with E-state index in [1.807, 2.05) is 62.7 Å². The van der Waals surface area contributed by atoms with Gasteiger partial charge in [-0.05, 0) is 75.6 Å². The van der Waals surface area contributed by atoms with Crippen molar-refractivity contribution in [3.05, 3.63) is 75.5 Å². The number of pyridine rings is 2. The predicted octanol–water partition coefficient (Wildman–Crippen LogP) is 3.24. The highest BCUT2D eigenvalue weighted by molar-refractivity contribution is 6.08. The summed E-state index contributed by atoms with van der Waals surface area (Å²) in [5, 5.41) is 16.8. The first-order chi connectivity index (χ1) is 22.0. The molecular weight excluding hydrogens is 588 g/mol. The molecule has 1 saturated heterocycles. The van der Waals surface area contributed by atoms with Crippen molar-refractivity contribution in [3.8, 4) is 11.1 Å². The molecule has 1 aliphatic heterocycles. The van der Waals surface area contributed by atoms with Gasteiger partial charge in [-0.25, -0.2) is 10.5 Å². The minimum atomic E-state index is -0.497. The fraction of sp³-hybridized carbons (Fsp3) is 0.394. The van der Waals surface area contributed by atoms with Crippen molar-refractivity contribution >= 4 is 34.4 Å². The molecule has 1 fully saturated rings. The Labute approximate surface area is 266 Å². The molecule has 0 unspecified atom stereocenters. The monoisotopic (exact) mass is 628 g/mol. The van der Waals surface area contributed by atoms with Gasteiger partial charge in [-0.3, -0.25) is 29.1 Å². The second-order valence-corrected chi connectivity index (χ2v) is 11.9. The number of piperazine rings is 1. The number of hydrogen-bond acceptors (Lipinski definition) is 8. The van der Waals surface area contributed by atoms with E-state index in [0.29, 0.717) is 43.7 Å². The molecule has 13 heteroatoms. The molecule has 3 amide bonds. The number of nitrogens with zero attached hydrogens (tertiary/aromatic N) is 5. The lowest BCUT2D eigenvalue weighted by Crippen LogP contribution is -2.49. The number of carbonyl (C=O) groups excluding carboxylic acids is 3. The van der Waals surface area contributed by atoms with Crippen LogP contribution >= 0.6 is 0 Å². The minimum absolute atomic E-state index is 0.00892. The quantitative estimate of drug-likeness (QED) is 0.154. The molecule has 0 saturated carbocycles. The van der Waals surface area contributed by atoms with Gasteiger partial charge in [0.15, 0.2) is 0 Å². The molecule has 4 N–H and O–H groups in total. The summed E-state index contributed by atoms with van der Waals surface area (Å²) in [4.78, 5) is 61.3. The smallest absolute Gasteiger partial charge is 0.253 e. The van der Waals surface area contributed by atoms with Gasteiger partial charge in [0.2, 0.25) is 11.8 Å². The number of anilines is 1. The molecule has 0 aliphatic carbocycles. The Morgan fingerprint density at radius 1 is 1.00 bits per heavy atom. The van der Waals surface area contributed by atoms with Crippen LogP contribution in [0.15, 0.2) is 47.5 Å². The Morgan fingerprint density at radius 2 is 1.76 bits per heavy atom. The number of nitrogens with one attached hydrogen (secondary N) is 3. The summed E-state index contributed by atoms with van der Waals surface area (Å²) in [5.74, 6) is -0.0166. The van der Waals surface area contributed by atoms with Gasteiger partial charge in [0.1, 0.15) is 5.82 Å². The van der Waals surface area contributed by atoms with Crippen molar-refractivity contribution in [2.24, 2.45) is 0 Å². The van der Waals surface area contributed by atoms with Gasteiger partial charge in [-0.15, -0.1) is 0 Å². The van der Waals surface area contributed by atoms with Gasteiger partial charge in [-0.2, -0.15) is 5.10 Å². The predicted molar refractivity (Wildman–Crippen MR) is 174 cm³/mol. The van der Waals surface area contributed by atoms with Gasteiger partial charge < -0.3 is 20.1 Å². The Kier molecular flexibility index (Phi) is 9.81. The van der Waals surface area contributed by atoms with Crippen molar-refractivity contribution in [3.63, 3.8) is 0 Å². The Balaban J connectivity index is 1.32. The highest BCUT2D eigenvalue weighted by atomic mass is 16.5. The third-order valence-electron chi connectivity index (χ3n) is 8.33. The zero-order valence-corrected chi connectivity index (χ0v) is 26.6. The van der Waals surface area contributed by atoms with Crippen molar-refractivity contribution in [1.82, 2.24) is 35.4 Å². The highest BCUT2D eigenvalue weighted by Crippen LogP contribution is 2.30. The number of aromatic amines is 1. The summed E-state index contributed by atoms with van der Waals surface area (Å²) >= 11 is 0. The number of benzene rings is 1. The summed E-state index contributed by atoms with van der Waals surface area (Å²) in [5.41, 5.74) is 6.40. The topological polar surface area (TPSA) is 166 Å². The van der Waals surface area contributed by atoms with Crippen LogP contribution in [-0.2, 0) is 16.1 Å². The Morgan fingerprint density at radius 3 is 2.41 bits per heavy atom. The molecule has 4 heterocycles. The van der Waals surface area contributed by atoms with Crippen LogP contribution in [0.3, 0.4) is 0 Å². The van der Waals surface area contributed by atoms with Crippen LogP contribution in [0, 0.1) is 13.8 Å². The molecule has 3 aromatic heterocycles. The Bertz CT molecular complexity index is 1800. The molecule has 13 nitrogen and oxygen atoms in total. The number of aryl methyl sites for hydroxylation is 2. The van der Waals surface area contributed by atoms with E-state index in [1.165, 1.54) is 0 Å². The summed E-state index contributed by atoms with van der Waals surface area (Å²) < 4.78 is 1.88. The van der Waals surface area contributed by atoms with Crippen molar-refractivity contribution in [2.45, 2.75) is 59.5 Å². The van der Waals surface area contributed by atoms with Crippen molar-refractivity contribution in [2.75, 3.05) is 31.1 Å². The van der Waals surface area contributed by atoms with E-state index in [4.69, 9.17) is 10.2 Å². The maximum Gasteiger partial charge on any atom is 0.253 e. The van der Waals surface area contributed by atoms with Crippen molar-refractivity contribution < 1.29 is 19.6 Å². The molecular formula is C33H40N8O5. The molecule has 46 heavy (non-hydrogen) atoms. The summed E-state index contributed by atoms with van der Waals surface area (Å²) in [6.07, 6.45) is 4.23. The first-order valence-electron chi connectivity index (χ1n) is 15.5. The standard InChI is InChI=1S/C33H40N8O5/c1-20(2)41-28-16-24(15-25(27(28)19-36-41)32(44)35-18-26-21(3)14-22(4)37-33(26)45)23-8-9-29(34-17-23)39-10-12-40(13-11-39)31(43)7-5-6-30(42)38-46/h8-9,14-17,19-20,46H,5-7,10-13,18H2,1-4H3,(H,35,44)(H,37,45)(H,38,42). The normalized spacial score (nSPS) is 13.3. The second kappa shape index (κ2) is 13.9. The van der Waals surface area contributed by atoms with Gasteiger partial charge in [0, 0.05) is 80.0 Å². The molecule has 0 spiro atoms. The van der Waals surface area contributed by atoms with Crippen LogP contribution in [0.4, 0.5) is 5.82 Å². The Hall–Kier alpha value is -5.04. The fourth-order valence-electron chi connectivity index (χ4n) is 5.82. The summed E-state index contributed by atoms with van der Waals surface area (Å²) in [6.45, 7) is 10.2. The molecule has 1 aliphatic rings. The van der Waals surface area contributed by atoms with Gasteiger partial charge >= 0.3 is 0 Å². The lowest BCUT2D eigenvalue weighted by atomic mass is 10.0. The van der Waals surface area contributed by atoms with Crippen LogP contribution in [0.5, 0.6) is 0 Å². The zero-order chi connectivity index (χ0) is 33.0. The average molecular weight is 629 g/mol. The summed E-state index contributed by atoms with van der Waals surface area (Å²) in [7, 11) is 0. The molecule has 5 rings (SSSR count). The van der Waals surface area contributed by atoms with E-state index >= 15 is 0 Å². The lowest BCUT2D eigenvalue weighted by molar-refractivity contribution is -0.132. The number of carbonyl (C=O) groups is 3. The molecule has 1 aromatic carbocycles. The van der Waals surface area contributed by atoms with E-state index in [0.717, 1.165) is 39.1 Å². The minimum Gasteiger partial charge on any atom is -0.353 e. The van der Waals surface area contributed by atoms with Crippen LogP contribution in [0.2, 0.25) is 0 Å². The second-order valence-electron chi connectivity index (χ2n) is 11.9. The molecule has 0 bridgehead atoms. The molecule has 4 aromatic rings. The summed E-state index contributed by atoms with van der Waals surface area (Å²) in [6, 6.07) is 9.72. The molecule has 0 radical (unpaired) electrons. The molecule has 0 atom stereocenters. The number of hydroxylamine groups is 1. The van der Waals surface area contributed by atoms with Crippen LogP contribution in [-0.4, -0.2) is 73.8 Å². The maximum atomic E-state index is 13.6. The first-order valence-corrected chi connectivity index (χ1v) is 15.5. The van der Waals surface area contributed by atoms with Crippen LogP contribution in [0.25, 0.3) is 22.0 Å². The van der Waals surface area contributed by atoms with Crippen molar-refractivity contribution in [1.29, 1.82) is 0 Å². The number of fused-ring (bicyclic) bond motifs is 1. The lowest BCUT2D eigenvalue weighted by Gasteiger charge is -2.35. The number of H-pyrrole nitrogens is 1. The van der Waals surface area contributed by atoms with Gasteiger partial charge in [0.25, 0.3) is 11.5 Å². The number of hydrogen-bond donors (Lipinski definition) is 4.